The van der Waals surface area contributed by atoms with Crippen molar-refractivity contribution in [3.05, 3.63) is 102 Å². The summed E-state index contributed by atoms with van der Waals surface area (Å²) in [6.45, 7) is 2.79. The zero-order valence-electron chi connectivity index (χ0n) is 15.7. The van der Waals surface area contributed by atoms with E-state index in [1.807, 2.05) is 85.8 Å². The molecule has 0 saturated heterocycles. The van der Waals surface area contributed by atoms with E-state index in [1.165, 1.54) is 0 Å². The monoisotopic (exact) mass is 371 g/mol. The molecule has 0 bridgehead atoms. The van der Waals surface area contributed by atoms with Gasteiger partial charge in [0.25, 0.3) is 0 Å². The number of nitrogens with zero attached hydrogens (tertiary/aromatic N) is 1. The molecule has 4 rings (SSSR count). The molecule has 0 aliphatic carbocycles. The predicted octanol–water partition coefficient (Wildman–Crippen LogP) is 5.81. The van der Waals surface area contributed by atoms with Crippen LogP contribution in [-0.2, 0) is 13.2 Å². The number of oxazole rings is 1. The van der Waals surface area contributed by atoms with E-state index in [0.717, 1.165) is 22.4 Å². The van der Waals surface area contributed by atoms with Gasteiger partial charge >= 0.3 is 0 Å². The van der Waals surface area contributed by atoms with E-state index in [1.54, 1.807) is 6.20 Å². The second-order valence-electron chi connectivity index (χ2n) is 6.45. The van der Waals surface area contributed by atoms with Crippen LogP contribution in [0.25, 0.3) is 11.3 Å². The lowest BCUT2D eigenvalue weighted by Gasteiger charge is -2.13. The second kappa shape index (κ2) is 8.44. The van der Waals surface area contributed by atoms with Crippen LogP contribution in [-0.4, -0.2) is 4.98 Å². The van der Waals surface area contributed by atoms with Crippen LogP contribution >= 0.6 is 0 Å². The Morgan fingerprint density at radius 2 is 1.43 bits per heavy atom. The van der Waals surface area contributed by atoms with Crippen LogP contribution in [0.2, 0.25) is 0 Å². The lowest BCUT2D eigenvalue weighted by atomic mass is 10.1. The highest BCUT2D eigenvalue weighted by atomic mass is 16.5. The smallest absolute Gasteiger partial charge is 0.191 e. The molecule has 0 spiro atoms. The maximum atomic E-state index is 6.11. The molecule has 0 unspecified atom stereocenters. The van der Waals surface area contributed by atoms with Gasteiger partial charge in [-0.15, -0.1) is 0 Å². The third kappa shape index (κ3) is 4.41. The predicted molar refractivity (Wildman–Crippen MR) is 108 cm³/mol. The molecule has 0 saturated carbocycles. The number of hydrogen-bond donors (Lipinski definition) is 0. The number of benzene rings is 3. The lowest BCUT2D eigenvalue weighted by molar-refractivity contribution is 0.290. The summed E-state index contributed by atoms with van der Waals surface area (Å²) in [7, 11) is 0. The molecule has 1 aromatic heterocycles. The molecule has 0 atom stereocenters. The van der Waals surface area contributed by atoms with Gasteiger partial charge < -0.3 is 13.9 Å². The third-order valence-electron chi connectivity index (χ3n) is 4.33. The highest BCUT2D eigenvalue weighted by Gasteiger charge is 2.13. The molecule has 0 fully saturated rings. The van der Waals surface area contributed by atoms with Gasteiger partial charge in [-0.05, 0) is 23.3 Å². The second-order valence-corrected chi connectivity index (χ2v) is 6.45. The molecule has 4 nitrogen and oxygen atoms in total. The fraction of sp³-hybridized carbons (Fsp3) is 0.125. The molecule has 0 amide bonds. The van der Waals surface area contributed by atoms with Crippen molar-refractivity contribution in [3.63, 3.8) is 0 Å². The van der Waals surface area contributed by atoms with E-state index in [9.17, 15) is 0 Å². The Balaban J connectivity index is 1.57. The fourth-order valence-electron chi connectivity index (χ4n) is 2.88. The first-order valence-electron chi connectivity index (χ1n) is 9.18. The van der Waals surface area contributed by atoms with Gasteiger partial charge in [-0.25, -0.2) is 4.98 Å². The Morgan fingerprint density at radius 1 is 0.786 bits per heavy atom. The molecule has 28 heavy (non-hydrogen) atoms. The average Bonchev–Trinajstić information content (AvgIpc) is 3.18. The zero-order valence-corrected chi connectivity index (χ0v) is 15.7. The van der Waals surface area contributed by atoms with Crippen LogP contribution in [0, 0.1) is 6.92 Å². The minimum absolute atomic E-state index is 0.461. The van der Waals surface area contributed by atoms with E-state index >= 15 is 0 Å². The summed E-state index contributed by atoms with van der Waals surface area (Å²) in [5.41, 5.74) is 3.06. The summed E-state index contributed by atoms with van der Waals surface area (Å²) in [6.07, 6.45) is 1.71. The Hall–Kier alpha value is -3.53. The van der Waals surface area contributed by atoms with Gasteiger partial charge in [0.2, 0.25) is 0 Å². The molecule has 4 aromatic rings. The maximum Gasteiger partial charge on any atom is 0.191 e. The molecule has 0 N–H and O–H groups in total. The molecule has 1 heterocycles. The first-order valence-corrected chi connectivity index (χ1v) is 9.18. The highest BCUT2D eigenvalue weighted by molar-refractivity contribution is 5.66. The van der Waals surface area contributed by atoms with Gasteiger partial charge in [0.1, 0.15) is 24.7 Å². The minimum Gasteiger partial charge on any atom is -0.489 e. The first kappa shape index (κ1) is 17.9. The van der Waals surface area contributed by atoms with Gasteiger partial charge in [0.05, 0.1) is 11.8 Å². The van der Waals surface area contributed by atoms with E-state index < -0.39 is 0 Å². The Morgan fingerprint density at radius 3 is 2.04 bits per heavy atom. The van der Waals surface area contributed by atoms with Crippen molar-refractivity contribution in [2.45, 2.75) is 20.1 Å². The summed E-state index contributed by atoms with van der Waals surface area (Å²) in [6, 6.07) is 25.9. The molecule has 140 valence electrons. The van der Waals surface area contributed by atoms with Crippen molar-refractivity contribution in [2.75, 3.05) is 0 Å². The van der Waals surface area contributed by atoms with E-state index in [4.69, 9.17) is 13.9 Å². The molecular formula is C24H21NO3. The summed E-state index contributed by atoms with van der Waals surface area (Å²) in [4.78, 5) is 4.20. The number of hydrogen-bond acceptors (Lipinski definition) is 4. The van der Waals surface area contributed by atoms with Crippen molar-refractivity contribution < 1.29 is 13.9 Å². The van der Waals surface area contributed by atoms with Crippen LogP contribution in [0.15, 0.2) is 89.5 Å². The normalized spacial score (nSPS) is 10.6. The summed E-state index contributed by atoms with van der Waals surface area (Å²) in [5, 5.41) is 0. The van der Waals surface area contributed by atoms with Crippen LogP contribution in [0.5, 0.6) is 11.5 Å². The largest absolute Gasteiger partial charge is 0.489 e. The van der Waals surface area contributed by atoms with Gasteiger partial charge in [-0.3, -0.25) is 0 Å². The van der Waals surface area contributed by atoms with Crippen LogP contribution in [0.1, 0.15) is 17.0 Å². The van der Waals surface area contributed by atoms with Gasteiger partial charge in [0, 0.05) is 13.0 Å². The number of aromatic nitrogens is 1. The van der Waals surface area contributed by atoms with Crippen molar-refractivity contribution in [1.29, 1.82) is 0 Å². The summed E-state index contributed by atoms with van der Waals surface area (Å²) < 4.78 is 17.8. The number of rotatable bonds is 7. The lowest BCUT2D eigenvalue weighted by Crippen LogP contribution is -1.99. The molecule has 0 aliphatic heterocycles. The van der Waals surface area contributed by atoms with Crippen LogP contribution in [0.4, 0.5) is 0 Å². The average molecular weight is 371 g/mol. The van der Waals surface area contributed by atoms with Crippen molar-refractivity contribution >= 4 is 0 Å². The van der Waals surface area contributed by atoms with Crippen LogP contribution in [0.3, 0.4) is 0 Å². The zero-order chi connectivity index (χ0) is 19.2. The van der Waals surface area contributed by atoms with Gasteiger partial charge in [-0.2, -0.15) is 0 Å². The topological polar surface area (TPSA) is 44.5 Å². The van der Waals surface area contributed by atoms with Gasteiger partial charge in [-0.1, -0.05) is 60.7 Å². The molecular weight excluding hydrogens is 350 g/mol. The molecule has 0 radical (unpaired) electrons. The Kier molecular flexibility index (Phi) is 5.38. The molecule has 0 aliphatic rings. The standard InChI is InChI=1S/C24H21NO3/c1-18-25-15-24(28-18)22-13-12-21(26-16-19-8-4-2-5-9-19)14-23(22)27-17-20-10-6-3-7-11-20/h2-15H,16-17H2,1H3. The maximum absolute atomic E-state index is 6.11. The number of aryl methyl sites for hydroxylation is 1. The first-order chi connectivity index (χ1) is 13.8. The minimum atomic E-state index is 0.461. The summed E-state index contributed by atoms with van der Waals surface area (Å²) in [5.74, 6) is 2.74. The quantitative estimate of drug-likeness (QED) is 0.411. The van der Waals surface area contributed by atoms with E-state index in [0.29, 0.717) is 30.6 Å². The molecule has 3 aromatic carbocycles. The fourth-order valence-corrected chi connectivity index (χ4v) is 2.88. The van der Waals surface area contributed by atoms with E-state index in [2.05, 4.69) is 4.98 Å². The molecule has 4 heteroatoms. The van der Waals surface area contributed by atoms with Crippen molar-refractivity contribution in [3.8, 4) is 22.8 Å². The van der Waals surface area contributed by atoms with E-state index in [-0.39, 0.29) is 0 Å². The Bertz CT molecular complexity index is 1030. The van der Waals surface area contributed by atoms with Crippen molar-refractivity contribution in [1.82, 2.24) is 4.98 Å². The highest BCUT2D eigenvalue weighted by Crippen LogP contribution is 2.34. The van der Waals surface area contributed by atoms with Crippen molar-refractivity contribution in [2.24, 2.45) is 0 Å². The SMILES string of the molecule is Cc1ncc(-c2ccc(OCc3ccccc3)cc2OCc2ccccc2)o1. The van der Waals surface area contributed by atoms with Crippen LogP contribution < -0.4 is 9.47 Å². The third-order valence-corrected chi connectivity index (χ3v) is 4.33. The van der Waals surface area contributed by atoms with Gasteiger partial charge in [0.15, 0.2) is 11.7 Å². The summed E-state index contributed by atoms with van der Waals surface area (Å²) >= 11 is 0. The number of ether oxygens (including phenoxy) is 2. The Labute approximate surface area is 164 Å².